The average Bonchev–Trinajstić information content (AvgIpc) is 2.52. The number of morpholine rings is 1. The highest BCUT2D eigenvalue weighted by Crippen LogP contribution is 2.32. The second-order valence-corrected chi connectivity index (χ2v) is 6.44. The van der Waals surface area contributed by atoms with Crippen LogP contribution in [0.25, 0.3) is 10.9 Å². The van der Waals surface area contributed by atoms with E-state index in [1.807, 2.05) is 0 Å². The zero-order valence-electron chi connectivity index (χ0n) is 12.3. The minimum absolute atomic E-state index is 0.422. The molecule has 1 fully saturated rings. The number of halogens is 2. The number of nitrogens with zero attached hydrogens (tertiary/aromatic N) is 3. The Hall–Kier alpha value is -0.950. The molecule has 1 aliphatic heterocycles. The third kappa shape index (κ3) is 3.35. The Balaban J connectivity index is 1.68. The van der Waals surface area contributed by atoms with Crippen molar-refractivity contribution < 1.29 is 9.47 Å². The molecule has 0 N–H and O–H groups in total. The first-order valence-corrected chi connectivity index (χ1v) is 8.37. The summed E-state index contributed by atoms with van der Waals surface area (Å²) in [4.78, 5) is 11.0. The van der Waals surface area contributed by atoms with Gasteiger partial charge in [-0.2, -0.15) is 0 Å². The molecule has 0 aromatic carbocycles. The molecule has 0 unspecified atom stereocenters. The van der Waals surface area contributed by atoms with E-state index in [1.165, 1.54) is 0 Å². The van der Waals surface area contributed by atoms with Crippen molar-refractivity contribution in [2.24, 2.45) is 0 Å². The highest BCUT2D eigenvalue weighted by atomic mass is 79.9. The Bertz CT molecular complexity index is 671. The molecule has 118 valence electrons. The zero-order valence-corrected chi connectivity index (χ0v) is 14.6. The maximum Gasteiger partial charge on any atom is 0.230 e. The van der Waals surface area contributed by atoms with Gasteiger partial charge < -0.3 is 9.47 Å². The van der Waals surface area contributed by atoms with E-state index in [4.69, 9.17) is 21.1 Å². The summed E-state index contributed by atoms with van der Waals surface area (Å²) in [7, 11) is 0. The van der Waals surface area contributed by atoms with E-state index in [2.05, 4.69) is 37.7 Å². The SMILES string of the molecule is C[C@H]1COCCN1CCOc1ncc2c(Cl)ccnc2c1Br. The van der Waals surface area contributed by atoms with Gasteiger partial charge in [0.25, 0.3) is 0 Å². The summed E-state index contributed by atoms with van der Waals surface area (Å²) in [5.74, 6) is 0.545. The molecule has 0 bridgehead atoms. The summed E-state index contributed by atoms with van der Waals surface area (Å²) in [5.41, 5.74) is 0.761. The molecule has 5 nitrogen and oxygen atoms in total. The van der Waals surface area contributed by atoms with Gasteiger partial charge in [0.05, 0.1) is 23.8 Å². The Labute approximate surface area is 142 Å². The van der Waals surface area contributed by atoms with Crippen LogP contribution in [0.2, 0.25) is 5.02 Å². The summed E-state index contributed by atoms with van der Waals surface area (Å²) in [6.45, 7) is 6.08. The number of hydrogen-bond acceptors (Lipinski definition) is 5. The van der Waals surface area contributed by atoms with Gasteiger partial charge in [0, 0.05) is 36.9 Å². The predicted molar refractivity (Wildman–Crippen MR) is 89.6 cm³/mol. The average molecular weight is 387 g/mol. The molecule has 7 heteroatoms. The number of pyridine rings is 2. The van der Waals surface area contributed by atoms with E-state index in [9.17, 15) is 0 Å². The van der Waals surface area contributed by atoms with Gasteiger partial charge in [-0.15, -0.1) is 0 Å². The van der Waals surface area contributed by atoms with Gasteiger partial charge in [-0.1, -0.05) is 11.6 Å². The van der Waals surface area contributed by atoms with Crippen molar-refractivity contribution in [1.29, 1.82) is 0 Å². The molecule has 0 radical (unpaired) electrons. The van der Waals surface area contributed by atoms with Gasteiger partial charge in [-0.3, -0.25) is 9.88 Å². The fourth-order valence-electron chi connectivity index (χ4n) is 2.48. The zero-order chi connectivity index (χ0) is 15.5. The number of ether oxygens (including phenoxy) is 2. The largest absolute Gasteiger partial charge is 0.475 e. The molecule has 3 heterocycles. The van der Waals surface area contributed by atoms with Crippen molar-refractivity contribution in [3.05, 3.63) is 28.0 Å². The fourth-order valence-corrected chi connectivity index (χ4v) is 3.21. The van der Waals surface area contributed by atoms with Crippen LogP contribution in [0.15, 0.2) is 22.9 Å². The van der Waals surface area contributed by atoms with Crippen molar-refractivity contribution in [3.8, 4) is 5.88 Å². The van der Waals surface area contributed by atoms with Crippen LogP contribution in [0.1, 0.15) is 6.92 Å². The number of aromatic nitrogens is 2. The Morgan fingerprint density at radius 1 is 1.50 bits per heavy atom. The molecule has 2 aromatic heterocycles. The van der Waals surface area contributed by atoms with Gasteiger partial charge in [-0.25, -0.2) is 4.98 Å². The van der Waals surface area contributed by atoms with Crippen LogP contribution in [0, 0.1) is 0 Å². The first kappa shape index (κ1) is 15.9. The van der Waals surface area contributed by atoms with E-state index in [1.54, 1.807) is 18.5 Å². The summed E-state index contributed by atoms with van der Waals surface area (Å²) in [5, 5.41) is 1.44. The van der Waals surface area contributed by atoms with Crippen molar-refractivity contribution in [1.82, 2.24) is 14.9 Å². The highest BCUT2D eigenvalue weighted by molar-refractivity contribution is 9.10. The molecule has 3 rings (SSSR count). The van der Waals surface area contributed by atoms with E-state index in [0.29, 0.717) is 23.6 Å². The standard InChI is InChI=1S/C15H17BrClN3O2/c1-10-9-21-6-4-20(10)5-7-22-15-13(16)14-11(8-19-15)12(17)2-3-18-14/h2-3,8,10H,4-7,9H2,1H3/t10-/m0/s1. The van der Waals surface area contributed by atoms with Crippen LogP contribution < -0.4 is 4.74 Å². The number of fused-ring (bicyclic) bond motifs is 1. The van der Waals surface area contributed by atoms with E-state index >= 15 is 0 Å². The van der Waals surface area contributed by atoms with Crippen molar-refractivity contribution >= 4 is 38.4 Å². The molecule has 0 spiro atoms. The summed E-state index contributed by atoms with van der Waals surface area (Å²) in [6.07, 6.45) is 3.37. The first-order chi connectivity index (χ1) is 10.7. The van der Waals surface area contributed by atoms with Crippen molar-refractivity contribution in [2.75, 3.05) is 32.9 Å². The first-order valence-electron chi connectivity index (χ1n) is 7.20. The third-order valence-electron chi connectivity index (χ3n) is 3.77. The van der Waals surface area contributed by atoms with Crippen molar-refractivity contribution in [3.63, 3.8) is 0 Å². The number of rotatable bonds is 4. The molecule has 0 saturated carbocycles. The van der Waals surface area contributed by atoms with Crippen LogP contribution in [0.3, 0.4) is 0 Å². The summed E-state index contributed by atoms with van der Waals surface area (Å²) >= 11 is 9.65. The van der Waals surface area contributed by atoms with E-state index in [0.717, 1.165) is 41.7 Å². The van der Waals surface area contributed by atoms with Gasteiger partial charge in [-0.05, 0) is 28.9 Å². The summed E-state index contributed by atoms with van der Waals surface area (Å²) < 4.78 is 12.0. The maximum absolute atomic E-state index is 6.14. The quantitative estimate of drug-likeness (QED) is 0.808. The Kier molecular flexibility index (Phi) is 5.13. The second kappa shape index (κ2) is 7.08. The molecular weight excluding hydrogens is 370 g/mol. The van der Waals surface area contributed by atoms with Crippen LogP contribution in [0.4, 0.5) is 0 Å². The lowest BCUT2D eigenvalue weighted by atomic mass is 10.2. The molecule has 1 atom stereocenters. The topological polar surface area (TPSA) is 47.5 Å². The molecule has 2 aromatic rings. The molecule has 0 amide bonds. The molecule has 0 aliphatic carbocycles. The molecule has 22 heavy (non-hydrogen) atoms. The van der Waals surface area contributed by atoms with Crippen LogP contribution in [0.5, 0.6) is 5.88 Å². The highest BCUT2D eigenvalue weighted by Gasteiger charge is 2.18. The van der Waals surface area contributed by atoms with E-state index in [-0.39, 0.29) is 0 Å². The monoisotopic (exact) mass is 385 g/mol. The normalized spacial score (nSPS) is 19.5. The Morgan fingerprint density at radius 2 is 2.36 bits per heavy atom. The lowest BCUT2D eigenvalue weighted by Crippen LogP contribution is -2.45. The molecular formula is C15H17BrClN3O2. The Morgan fingerprint density at radius 3 is 3.18 bits per heavy atom. The van der Waals surface area contributed by atoms with Crippen LogP contribution in [-0.2, 0) is 4.74 Å². The smallest absolute Gasteiger partial charge is 0.230 e. The lowest BCUT2D eigenvalue weighted by molar-refractivity contribution is -0.00537. The maximum atomic E-state index is 6.14. The third-order valence-corrected chi connectivity index (χ3v) is 4.81. The number of hydrogen-bond donors (Lipinski definition) is 0. The van der Waals surface area contributed by atoms with Crippen LogP contribution in [-0.4, -0.2) is 53.8 Å². The lowest BCUT2D eigenvalue weighted by Gasteiger charge is -2.32. The minimum Gasteiger partial charge on any atom is -0.475 e. The van der Waals surface area contributed by atoms with Crippen molar-refractivity contribution in [2.45, 2.75) is 13.0 Å². The minimum atomic E-state index is 0.422. The van der Waals surface area contributed by atoms with Gasteiger partial charge in [0.2, 0.25) is 5.88 Å². The second-order valence-electron chi connectivity index (χ2n) is 5.24. The van der Waals surface area contributed by atoms with Gasteiger partial charge >= 0.3 is 0 Å². The van der Waals surface area contributed by atoms with Crippen LogP contribution >= 0.6 is 27.5 Å². The molecule has 1 saturated heterocycles. The molecule has 1 aliphatic rings. The predicted octanol–water partition coefficient (Wildman–Crippen LogP) is 3.15. The van der Waals surface area contributed by atoms with Gasteiger partial charge in [0.1, 0.15) is 11.1 Å². The van der Waals surface area contributed by atoms with E-state index < -0.39 is 0 Å². The fraction of sp³-hybridized carbons (Fsp3) is 0.467. The van der Waals surface area contributed by atoms with Gasteiger partial charge in [0.15, 0.2) is 0 Å². The summed E-state index contributed by atoms with van der Waals surface area (Å²) in [6, 6.07) is 2.17.